The average Bonchev–Trinajstić information content (AvgIpc) is 2.67. The molecule has 2 unspecified atom stereocenters. The normalized spacial score (nSPS) is 12.7. The fourth-order valence-corrected chi connectivity index (χ4v) is 2.75. The predicted molar refractivity (Wildman–Crippen MR) is 98.7 cm³/mol. The molecule has 0 aromatic heterocycles. The number of benzene rings is 2. The molecule has 2 rings (SSSR count). The van der Waals surface area contributed by atoms with Gasteiger partial charge in [-0.15, -0.1) is 0 Å². The highest BCUT2D eigenvalue weighted by Gasteiger charge is 2.19. The van der Waals surface area contributed by atoms with Gasteiger partial charge in [-0.3, -0.25) is 15.4 Å². The Morgan fingerprint density at radius 1 is 1.30 bits per heavy atom. The summed E-state index contributed by atoms with van der Waals surface area (Å²) in [4.78, 5) is 21.3. The minimum atomic E-state index is -1.22. The largest absolute Gasteiger partial charge is 0.479 e. The van der Waals surface area contributed by atoms with E-state index in [4.69, 9.17) is 16.1 Å². The van der Waals surface area contributed by atoms with Crippen LogP contribution in [0.5, 0.6) is 0 Å². The Hall–Kier alpha value is -3.28. The highest BCUT2D eigenvalue weighted by Crippen LogP contribution is 2.22. The Morgan fingerprint density at radius 2 is 2.00 bits per heavy atom. The Balaban J connectivity index is 2.06. The Kier molecular flexibility index (Phi) is 7.00. The highest BCUT2D eigenvalue weighted by molar-refractivity contribution is 5.72. The third-order valence-electron chi connectivity index (χ3n) is 4.17. The van der Waals surface area contributed by atoms with E-state index in [9.17, 15) is 14.9 Å². The lowest BCUT2D eigenvalue weighted by atomic mass is 9.97. The molecule has 2 aromatic carbocycles. The summed E-state index contributed by atoms with van der Waals surface area (Å²) < 4.78 is 0. The number of rotatable bonds is 9. The van der Waals surface area contributed by atoms with Gasteiger partial charge in [0.1, 0.15) is 0 Å². The second kappa shape index (κ2) is 9.43. The Labute approximate surface area is 156 Å². The number of aryl methyl sites for hydroxylation is 1. The number of aliphatic carboxylic acids is 1. The van der Waals surface area contributed by atoms with E-state index in [1.807, 2.05) is 6.07 Å². The van der Waals surface area contributed by atoms with Crippen LogP contribution in [0, 0.1) is 21.4 Å². The molecule has 8 nitrogen and oxygen atoms in total. The van der Waals surface area contributed by atoms with Gasteiger partial charge in [0.25, 0.3) is 5.69 Å². The third kappa shape index (κ3) is 5.88. The summed E-state index contributed by atoms with van der Waals surface area (Å²) >= 11 is 0. The van der Waals surface area contributed by atoms with Gasteiger partial charge in [0, 0.05) is 18.2 Å². The van der Waals surface area contributed by atoms with Gasteiger partial charge >= 0.3 is 5.97 Å². The first-order valence-electron chi connectivity index (χ1n) is 8.38. The zero-order chi connectivity index (χ0) is 19.8. The quantitative estimate of drug-likeness (QED) is 0.350. The second-order valence-electron chi connectivity index (χ2n) is 6.09. The van der Waals surface area contributed by atoms with E-state index >= 15 is 0 Å². The van der Waals surface area contributed by atoms with Crippen molar-refractivity contribution in [3.8, 4) is 6.07 Å². The van der Waals surface area contributed by atoms with E-state index < -0.39 is 17.1 Å². The summed E-state index contributed by atoms with van der Waals surface area (Å²) in [6.45, 7) is 0. The molecule has 2 atom stereocenters. The SMILES string of the molecule is N#Cc1cccc(C(CCCc2ccc([N+](=O)[O-])cc2)NC(N)C(=O)O)c1. The molecule has 0 amide bonds. The van der Waals surface area contributed by atoms with Crippen LogP contribution >= 0.6 is 0 Å². The molecule has 0 fully saturated rings. The molecule has 2 aromatic rings. The molecule has 4 N–H and O–H groups in total. The lowest BCUT2D eigenvalue weighted by Gasteiger charge is -2.22. The first-order chi connectivity index (χ1) is 12.9. The van der Waals surface area contributed by atoms with Gasteiger partial charge in [-0.1, -0.05) is 24.3 Å². The van der Waals surface area contributed by atoms with Crippen molar-refractivity contribution in [1.29, 1.82) is 5.26 Å². The number of carboxylic acid groups (broad SMARTS) is 1. The van der Waals surface area contributed by atoms with Crippen LogP contribution in [-0.2, 0) is 11.2 Å². The smallest absolute Gasteiger partial charge is 0.335 e. The number of nitriles is 1. The minimum absolute atomic E-state index is 0.0408. The fourth-order valence-electron chi connectivity index (χ4n) is 2.75. The summed E-state index contributed by atoms with van der Waals surface area (Å²) in [5.41, 5.74) is 7.88. The molecule has 0 aliphatic heterocycles. The maximum absolute atomic E-state index is 11.1. The topological polar surface area (TPSA) is 142 Å². The molecular formula is C19H20N4O4. The monoisotopic (exact) mass is 368 g/mol. The molecule has 0 saturated carbocycles. The molecule has 0 spiro atoms. The van der Waals surface area contributed by atoms with Crippen molar-refractivity contribution in [2.24, 2.45) is 5.73 Å². The van der Waals surface area contributed by atoms with Crippen LogP contribution in [-0.4, -0.2) is 22.2 Å². The van der Waals surface area contributed by atoms with Crippen LogP contribution in [0.3, 0.4) is 0 Å². The van der Waals surface area contributed by atoms with E-state index in [2.05, 4.69) is 11.4 Å². The molecule has 0 bridgehead atoms. The second-order valence-corrected chi connectivity index (χ2v) is 6.09. The number of nitrogens with zero attached hydrogens (tertiary/aromatic N) is 2. The fraction of sp³-hybridized carbons (Fsp3) is 0.263. The van der Waals surface area contributed by atoms with E-state index in [-0.39, 0.29) is 11.7 Å². The summed E-state index contributed by atoms with van der Waals surface area (Å²) in [6, 6.07) is 15.0. The average molecular weight is 368 g/mol. The Morgan fingerprint density at radius 3 is 2.59 bits per heavy atom. The van der Waals surface area contributed by atoms with Gasteiger partial charge in [-0.25, -0.2) is 4.79 Å². The lowest BCUT2D eigenvalue weighted by Crippen LogP contribution is -2.46. The van der Waals surface area contributed by atoms with E-state index in [0.717, 1.165) is 11.1 Å². The van der Waals surface area contributed by atoms with Crippen LogP contribution < -0.4 is 11.1 Å². The maximum atomic E-state index is 11.1. The van der Waals surface area contributed by atoms with Crippen molar-refractivity contribution >= 4 is 11.7 Å². The number of hydrogen-bond donors (Lipinski definition) is 3. The number of nitro groups is 1. The zero-order valence-corrected chi connectivity index (χ0v) is 14.5. The maximum Gasteiger partial charge on any atom is 0.335 e. The molecular weight excluding hydrogens is 348 g/mol. The van der Waals surface area contributed by atoms with Crippen molar-refractivity contribution in [2.45, 2.75) is 31.5 Å². The highest BCUT2D eigenvalue weighted by atomic mass is 16.6. The number of hydrogen-bond acceptors (Lipinski definition) is 6. The van der Waals surface area contributed by atoms with Crippen molar-refractivity contribution in [3.05, 3.63) is 75.3 Å². The van der Waals surface area contributed by atoms with Crippen molar-refractivity contribution in [2.75, 3.05) is 0 Å². The molecule has 140 valence electrons. The summed E-state index contributed by atoms with van der Waals surface area (Å²) in [6.07, 6.45) is 0.752. The van der Waals surface area contributed by atoms with Crippen molar-refractivity contribution < 1.29 is 14.8 Å². The van der Waals surface area contributed by atoms with E-state index in [1.165, 1.54) is 12.1 Å². The van der Waals surface area contributed by atoms with E-state index in [1.54, 1.807) is 30.3 Å². The van der Waals surface area contributed by atoms with Gasteiger partial charge in [-0.2, -0.15) is 5.26 Å². The molecule has 0 saturated heterocycles. The van der Waals surface area contributed by atoms with Crippen LogP contribution in [0.2, 0.25) is 0 Å². The predicted octanol–water partition coefficient (Wildman–Crippen LogP) is 2.49. The molecule has 27 heavy (non-hydrogen) atoms. The first-order valence-corrected chi connectivity index (χ1v) is 8.38. The van der Waals surface area contributed by atoms with Crippen LogP contribution in [0.25, 0.3) is 0 Å². The Bertz CT molecular complexity index is 846. The zero-order valence-electron chi connectivity index (χ0n) is 14.5. The van der Waals surface area contributed by atoms with Gasteiger partial charge in [0.2, 0.25) is 0 Å². The number of nitrogens with one attached hydrogen (secondary N) is 1. The first kappa shape index (κ1) is 20.0. The van der Waals surface area contributed by atoms with Crippen LogP contribution in [0.1, 0.15) is 35.6 Å². The summed E-state index contributed by atoms with van der Waals surface area (Å²) in [7, 11) is 0. The van der Waals surface area contributed by atoms with Crippen LogP contribution in [0.15, 0.2) is 48.5 Å². The van der Waals surface area contributed by atoms with Crippen molar-refractivity contribution in [3.63, 3.8) is 0 Å². The lowest BCUT2D eigenvalue weighted by molar-refractivity contribution is -0.384. The number of carboxylic acids is 1. The number of nitro benzene ring substituents is 1. The summed E-state index contributed by atoms with van der Waals surface area (Å²) in [5, 5.41) is 31.7. The molecule has 0 heterocycles. The van der Waals surface area contributed by atoms with Gasteiger partial charge < -0.3 is 10.8 Å². The molecule has 0 radical (unpaired) electrons. The van der Waals surface area contributed by atoms with Gasteiger partial charge in [-0.05, 0) is 42.5 Å². The van der Waals surface area contributed by atoms with Crippen LogP contribution in [0.4, 0.5) is 5.69 Å². The molecule has 8 heteroatoms. The minimum Gasteiger partial charge on any atom is -0.479 e. The summed E-state index contributed by atoms with van der Waals surface area (Å²) in [5.74, 6) is -1.16. The van der Waals surface area contributed by atoms with Gasteiger partial charge in [0.05, 0.1) is 16.6 Å². The number of carbonyl (C=O) groups is 1. The van der Waals surface area contributed by atoms with Crippen molar-refractivity contribution in [1.82, 2.24) is 5.32 Å². The number of nitrogens with two attached hydrogens (primary N) is 1. The number of non-ortho nitro benzene ring substituents is 1. The standard InChI is InChI=1S/C19H20N4O4/c20-12-14-4-1-5-15(11-14)17(22-18(21)19(24)25)6-2-3-13-7-9-16(10-8-13)23(26)27/h1,4-5,7-11,17-18,22H,2-3,6,21H2,(H,24,25). The van der Waals surface area contributed by atoms with E-state index in [0.29, 0.717) is 24.8 Å². The molecule has 0 aliphatic carbocycles. The third-order valence-corrected chi connectivity index (χ3v) is 4.17. The molecule has 0 aliphatic rings. The van der Waals surface area contributed by atoms with Gasteiger partial charge in [0.15, 0.2) is 6.17 Å².